The summed E-state index contributed by atoms with van der Waals surface area (Å²) in [5.41, 5.74) is 1.75. The Labute approximate surface area is 155 Å². The van der Waals surface area contributed by atoms with Crippen LogP contribution in [0.15, 0.2) is 30.3 Å². The van der Waals surface area contributed by atoms with E-state index in [4.69, 9.17) is 35.3 Å². The number of rotatable bonds is 5. The highest BCUT2D eigenvalue weighted by Crippen LogP contribution is 2.38. The number of aryl methyl sites for hydroxylation is 1. The van der Waals surface area contributed by atoms with E-state index >= 15 is 0 Å². The standard InChI is InChI=1S/C19H17ClO6/c20-14-7-13(9-17-19(14)23-6-5-22-17)10-24-18(21)4-2-12-1-3-15-16(8-12)26-11-25-15/h1,3,7-9H,2,4-6,10-11H2. The molecule has 2 aliphatic rings. The van der Waals surface area contributed by atoms with Gasteiger partial charge in [-0.05, 0) is 41.8 Å². The zero-order valence-electron chi connectivity index (χ0n) is 14.0. The molecule has 0 amide bonds. The van der Waals surface area contributed by atoms with Crippen molar-refractivity contribution in [1.29, 1.82) is 0 Å². The van der Waals surface area contributed by atoms with Crippen LogP contribution in [-0.2, 0) is 22.6 Å². The fraction of sp³-hybridized carbons (Fsp3) is 0.316. The maximum atomic E-state index is 12.0. The van der Waals surface area contributed by atoms with Gasteiger partial charge in [-0.2, -0.15) is 0 Å². The summed E-state index contributed by atoms with van der Waals surface area (Å²) in [5.74, 6) is 2.27. The second-order valence-electron chi connectivity index (χ2n) is 5.95. The Bertz CT molecular complexity index is 835. The second kappa shape index (κ2) is 7.33. The number of carbonyl (C=O) groups excluding carboxylic acids is 1. The van der Waals surface area contributed by atoms with Crippen LogP contribution in [0.5, 0.6) is 23.0 Å². The van der Waals surface area contributed by atoms with Crippen molar-refractivity contribution in [3.05, 3.63) is 46.5 Å². The van der Waals surface area contributed by atoms with Crippen LogP contribution in [-0.4, -0.2) is 26.0 Å². The molecule has 0 saturated carbocycles. The number of benzene rings is 2. The maximum absolute atomic E-state index is 12.0. The average Bonchev–Trinajstić information content (AvgIpc) is 3.12. The van der Waals surface area contributed by atoms with Crippen molar-refractivity contribution in [2.75, 3.05) is 20.0 Å². The van der Waals surface area contributed by atoms with E-state index in [0.29, 0.717) is 41.9 Å². The van der Waals surface area contributed by atoms with Crippen molar-refractivity contribution in [1.82, 2.24) is 0 Å². The van der Waals surface area contributed by atoms with Gasteiger partial charge in [-0.25, -0.2) is 0 Å². The second-order valence-corrected chi connectivity index (χ2v) is 6.36. The van der Waals surface area contributed by atoms with Crippen molar-refractivity contribution < 1.29 is 28.5 Å². The van der Waals surface area contributed by atoms with E-state index in [1.165, 1.54) is 0 Å². The minimum atomic E-state index is -0.284. The van der Waals surface area contributed by atoms with Crippen LogP contribution >= 0.6 is 11.6 Å². The molecule has 0 fully saturated rings. The van der Waals surface area contributed by atoms with Crippen LogP contribution in [0.25, 0.3) is 0 Å². The van der Waals surface area contributed by atoms with Crippen molar-refractivity contribution in [3.63, 3.8) is 0 Å². The lowest BCUT2D eigenvalue weighted by Gasteiger charge is -2.20. The predicted molar refractivity (Wildman–Crippen MR) is 93.1 cm³/mol. The summed E-state index contributed by atoms with van der Waals surface area (Å²) in [7, 11) is 0. The lowest BCUT2D eigenvalue weighted by atomic mass is 10.1. The lowest BCUT2D eigenvalue weighted by molar-refractivity contribution is -0.144. The highest BCUT2D eigenvalue weighted by atomic mass is 35.5. The van der Waals surface area contributed by atoms with E-state index in [1.807, 2.05) is 18.2 Å². The largest absolute Gasteiger partial charge is 0.486 e. The molecule has 4 rings (SSSR count). The molecular weight excluding hydrogens is 360 g/mol. The van der Waals surface area contributed by atoms with Gasteiger partial charge >= 0.3 is 5.97 Å². The number of carbonyl (C=O) groups is 1. The number of fused-ring (bicyclic) bond motifs is 2. The first-order chi connectivity index (χ1) is 12.7. The fourth-order valence-corrected chi connectivity index (χ4v) is 3.11. The van der Waals surface area contributed by atoms with E-state index in [1.54, 1.807) is 12.1 Å². The van der Waals surface area contributed by atoms with Crippen LogP contribution in [0.2, 0.25) is 5.02 Å². The van der Waals surface area contributed by atoms with Crippen LogP contribution in [0.3, 0.4) is 0 Å². The Morgan fingerprint density at radius 2 is 1.77 bits per heavy atom. The Balaban J connectivity index is 1.31. The van der Waals surface area contributed by atoms with Gasteiger partial charge in [0.2, 0.25) is 6.79 Å². The van der Waals surface area contributed by atoms with Gasteiger partial charge in [0.25, 0.3) is 0 Å². The lowest BCUT2D eigenvalue weighted by Crippen LogP contribution is -2.16. The SMILES string of the molecule is O=C(CCc1ccc2c(c1)OCO2)OCc1cc(Cl)c2c(c1)OCCO2. The normalized spacial score (nSPS) is 14.2. The highest BCUT2D eigenvalue weighted by Gasteiger charge is 2.17. The molecule has 0 aromatic heterocycles. The van der Waals surface area contributed by atoms with Gasteiger partial charge in [-0.15, -0.1) is 0 Å². The first-order valence-corrected chi connectivity index (χ1v) is 8.69. The molecule has 6 nitrogen and oxygen atoms in total. The molecule has 2 heterocycles. The first kappa shape index (κ1) is 16.8. The van der Waals surface area contributed by atoms with Crippen LogP contribution in [0, 0.1) is 0 Å². The molecule has 0 radical (unpaired) electrons. The van der Waals surface area contributed by atoms with Crippen LogP contribution in [0.4, 0.5) is 0 Å². The Morgan fingerprint density at radius 1 is 0.962 bits per heavy atom. The monoisotopic (exact) mass is 376 g/mol. The predicted octanol–water partition coefficient (Wildman–Crippen LogP) is 3.52. The van der Waals surface area contributed by atoms with Crippen LogP contribution in [0.1, 0.15) is 17.5 Å². The molecule has 0 N–H and O–H groups in total. The number of hydrogen-bond acceptors (Lipinski definition) is 6. The summed E-state index contributed by atoms with van der Waals surface area (Å²) in [6, 6.07) is 9.16. The smallest absolute Gasteiger partial charge is 0.306 e. The van der Waals surface area contributed by atoms with Gasteiger partial charge in [0, 0.05) is 6.42 Å². The maximum Gasteiger partial charge on any atom is 0.306 e. The molecular formula is C19H17ClO6. The Hall–Kier alpha value is -2.60. The van der Waals surface area contributed by atoms with Gasteiger partial charge in [0.1, 0.15) is 19.8 Å². The van der Waals surface area contributed by atoms with Gasteiger partial charge < -0.3 is 23.7 Å². The quantitative estimate of drug-likeness (QED) is 0.744. The van der Waals surface area contributed by atoms with Gasteiger partial charge in [0.05, 0.1) is 5.02 Å². The average molecular weight is 377 g/mol. The molecule has 0 unspecified atom stereocenters. The number of esters is 1. The van der Waals surface area contributed by atoms with Crippen molar-refractivity contribution in [2.24, 2.45) is 0 Å². The Morgan fingerprint density at radius 3 is 2.69 bits per heavy atom. The third kappa shape index (κ3) is 3.65. The topological polar surface area (TPSA) is 63.2 Å². The summed E-state index contributed by atoms with van der Waals surface area (Å²) in [6.45, 7) is 1.32. The molecule has 0 atom stereocenters. The zero-order chi connectivity index (χ0) is 17.9. The summed E-state index contributed by atoms with van der Waals surface area (Å²) >= 11 is 6.18. The molecule has 0 aliphatic carbocycles. The first-order valence-electron chi connectivity index (χ1n) is 8.31. The molecule has 2 aliphatic heterocycles. The molecule has 0 saturated heterocycles. The van der Waals surface area contributed by atoms with Crippen LogP contribution < -0.4 is 18.9 Å². The summed E-state index contributed by atoms with van der Waals surface area (Å²) in [4.78, 5) is 12.0. The molecule has 26 heavy (non-hydrogen) atoms. The molecule has 2 aromatic carbocycles. The highest BCUT2D eigenvalue weighted by molar-refractivity contribution is 6.32. The third-order valence-corrected chi connectivity index (χ3v) is 4.39. The molecule has 7 heteroatoms. The van der Waals surface area contributed by atoms with Crippen molar-refractivity contribution >= 4 is 17.6 Å². The molecule has 136 valence electrons. The van der Waals surface area contributed by atoms with E-state index in [0.717, 1.165) is 16.9 Å². The minimum absolute atomic E-state index is 0.135. The van der Waals surface area contributed by atoms with E-state index in [-0.39, 0.29) is 25.8 Å². The number of halogens is 1. The molecule has 0 spiro atoms. The van der Waals surface area contributed by atoms with Gasteiger partial charge in [-0.1, -0.05) is 17.7 Å². The Kier molecular flexibility index (Phi) is 4.75. The van der Waals surface area contributed by atoms with Gasteiger partial charge in [-0.3, -0.25) is 4.79 Å². The summed E-state index contributed by atoms with van der Waals surface area (Å²) in [5, 5.41) is 0.452. The number of ether oxygens (including phenoxy) is 5. The fourth-order valence-electron chi connectivity index (χ4n) is 2.83. The molecule has 0 bridgehead atoms. The summed E-state index contributed by atoms with van der Waals surface area (Å²) < 4.78 is 26.9. The number of hydrogen-bond donors (Lipinski definition) is 0. The van der Waals surface area contributed by atoms with E-state index in [2.05, 4.69) is 0 Å². The van der Waals surface area contributed by atoms with E-state index in [9.17, 15) is 4.79 Å². The molecule has 2 aromatic rings. The third-order valence-electron chi connectivity index (χ3n) is 4.11. The van der Waals surface area contributed by atoms with Crippen molar-refractivity contribution in [2.45, 2.75) is 19.4 Å². The zero-order valence-corrected chi connectivity index (χ0v) is 14.7. The van der Waals surface area contributed by atoms with Crippen molar-refractivity contribution in [3.8, 4) is 23.0 Å². The van der Waals surface area contributed by atoms with Gasteiger partial charge in [0.15, 0.2) is 23.0 Å². The minimum Gasteiger partial charge on any atom is -0.486 e. The summed E-state index contributed by atoms with van der Waals surface area (Å²) in [6.07, 6.45) is 0.843. The van der Waals surface area contributed by atoms with E-state index < -0.39 is 0 Å².